The topological polar surface area (TPSA) is 108 Å². The van der Waals surface area contributed by atoms with Crippen molar-refractivity contribution in [1.29, 1.82) is 0 Å². The molecule has 164 valence electrons. The van der Waals surface area contributed by atoms with Gasteiger partial charge in [-0.05, 0) is 36.4 Å². The second-order valence-electron chi connectivity index (χ2n) is 7.18. The van der Waals surface area contributed by atoms with Crippen molar-refractivity contribution in [3.8, 4) is 5.75 Å². The summed E-state index contributed by atoms with van der Waals surface area (Å²) in [6, 6.07) is 13.6. The van der Waals surface area contributed by atoms with E-state index in [0.29, 0.717) is 17.0 Å². The number of nitrogens with zero attached hydrogens (tertiary/aromatic N) is 3. The number of carbonyl (C=O) groups is 2. The summed E-state index contributed by atoms with van der Waals surface area (Å²) in [6.45, 7) is 3.45. The maximum absolute atomic E-state index is 12.9. The van der Waals surface area contributed by atoms with E-state index in [4.69, 9.17) is 4.74 Å². The van der Waals surface area contributed by atoms with Crippen molar-refractivity contribution >= 4 is 29.0 Å². The van der Waals surface area contributed by atoms with Crippen molar-refractivity contribution < 1.29 is 14.3 Å². The van der Waals surface area contributed by atoms with Crippen LogP contribution in [0.2, 0.25) is 0 Å². The first kappa shape index (κ1) is 21.3. The first-order valence-corrected chi connectivity index (χ1v) is 10.3. The average Bonchev–Trinajstić information content (AvgIpc) is 2.85. The number of hydrogen-bond acceptors (Lipinski definition) is 7. The Kier molecular flexibility index (Phi) is 6.57. The fourth-order valence-electron chi connectivity index (χ4n) is 3.43. The average molecular weight is 432 g/mol. The number of methoxy groups -OCH3 is 1. The normalized spacial score (nSPS) is 13.3. The zero-order chi connectivity index (χ0) is 22.3. The predicted molar refractivity (Wildman–Crippen MR) is 122 cm³/mol. The Morgan fingerprint density at radius 2 is 1.84 bits per heavy atom. The Morgan fingerprint density at radius 1 is 1.03 bits per heavy atom. The number of hydrogen-bond donors (Lipinski definition) is 3. The summed E-state index contributed by atoms with van der Waals surface area (Å²) >= 11 is 0. The third-order valence-electron chi connectivity index (χ3n) is 5.06. The fourth-order valence-corrected chi connectivity index (χ4v) is 3.43. The van der Waals surface area contributed by atoms with Crippen LogP contribution in [0.4, 0.5) is 17.2 Å². The molecule has 3 heterocycles. The van der Waals surface area contributed by atoms with Crippen molar-refractivity contribution in [2.24, 2.45) is 0 Å². The van der Waals surface area contributed by atoms with Crippen molar-refractivity contribution in [2.75, 3.05) is 48.8 Å². The van der Waals surface area contributed by atoms with Gasteiger partial charge in [0.2, 0.25) is 0 Å². The number of carbonyl (C=O) groups excluding carboxylic acids is 2. The van der Waals surface area contributed by atoms with E-state index < -0.39 is 0 Å². The van der Waals surface area contributed by atoms with E-state index in [1.54, 1.807) is 54.9 Å². The summed E-state index contributed by atoms with van der Waals surface area (Å²) < 4.78 is 5.16. The Bertz CT molecular complexity index is 1110. The van der Waals surface area contributed by atoms with Crippen molar-refractivity contribution in [3.63, 3.8) is 0 Å². The molecule has 9 nitrogen and oxygen atoms in total. The summed E-state index contributed by atoms with van der Waals surface area (Å²) in [6.07, 6.45) is 3.34. The molecule has 9 heteroatoms. The number of pyridine rings is 2. The van der Waals surface area contributed by atoms with E-state index in [0.717, 1.165) is 31.9 Å². The second-order valence-corrected chi connectivity index (χ2v) is 7.18. The van der Waals surface area contributed by atoms with Crippen LogP contribution in [0, 0.1) is 0 Å². The van der Waals surface area contributed by atoms with Gasteiger partial charge in [0.25, 0.3) is 11.8 Å². The molecule has 0 aliphatic carbocycles. The van der Waals surface area contributed by atoms with Gasteiger partial charge in [-0.3, -0.25) is 14.6 Å². The lowest BCUT2D eigenvalue weighted by Crippen LogP contribution is -2.43. The van der Waals surface area contributed by atoms with Gasteiger partial charge in [0.1, 0.15) is 17.3 Å². The SMILES string of the molecule is COc1cccc(C(=O)Nc2cccc(C(=O)Nc3cnccc3N3CCNCC3)n2)c1. The Labute approximate surface area is 185 Å². The molecule has 32 heavy (non-hydrogen) atoms. The minimum absolute atomic E-state index is 0.184. The predicted octanol–water partition coefficient (Wildman–Crippen LogP) is 2.40. The highest BCUT2D eigenvalue weighted by atomic mass is 16.5. The Balaban J connectivity index is 1.48. The number of amides is 2. The summed E-state index contributed by atoms with van der Waals surface area (Å²) in [5.41, 5.74) is 2.14. The molecule has 3 aromatic rings. The van der Waals surface area contributed by atoms with Gasteiger partial charge in [-0.1, -0.05) is 12.1 Å². The number of ether oxygens (including phenoxy) is 1. The fraction of sp³-hybridized carbons (Fsp3) is 0.217. The van der Waals surface area contributed by atoms with Gasteiger partial charge in [-0.2, -0.15) is 0 Å². The molecule has 4 rings (SSSR count). The monoisotopic (exact) mass is 432 g/mol. The Morgan fingerprint density at radius 3 is 2.66 bits per heavy atom. The standard InChI is InChI=1S/C23H24N6O3/c1-32-17-5-2-4-16(14-17)22(30)28-21-7-3-6-18(26-21)23(31)27-19-15-25-9-8-20(19)29-12-10-24-11-13-29/h2-9,14-15,24H,10-13H2,1H3,(H,27,31)(H,26,28,30). The van der Waals surface area contributed by atoms with Crippen LogP contribution in [0.25, 0.3) is 0 Å². The van der Waals surface area contributed by atoms with E-state index in [1.807, 2.05) is 6.07 Å². The summed E-state index contributed by atoms with van der Waals surface area (Å²) in [7, 11) is 1.54. The van der Waals surface area contributed by atoms with Crippen LogP contribution < -0.4 is 25.6 Å². The van der Waals surface area contributed by atoms with Gasteiger partial charge < -0.3 is 25.6 Å². The molecular formula is C23H24N6O3. The smallest absolute Gasteiger partial charge is 0.274 e. The third kappa shape index (κ3) is 5.01. The van der Waals surface area contributed by atoms with Crippen LogP contribution in [0.3, 0.4) is 0 Å². The van der Waals surface area contributed by atoms with Crippen LogP contribution >= 0.6 is 0 Å². The lowest BCUT2D eigenvalue weighted by molar-refractivity contribution is 0.101. The van der Waals surface area contributed by atoms with Gasteiger partial charge in [-0.25, -0.2) is 4.98 Å². The largest absolute Gasteiger partial charge is 0.497 e. The molecule has 0 saturated carbocycles. The number of piperazine rings is 1. The second kappa shape index (κ2) is 9.88. The molecule has 1 aliphatic heterocycles. The van der Waals surface area contributed by atoms with Crippen LogP contribution in [0.15, 0.2) is 60.9 Å². The zero-order valence-corrected chi connectivity index (χ0v) is 17.7. The van der Waals surface area contributed by atoms with E-state index >= 15 is 0 Å². The lowest BCUT2D eigenvalue weighted by Gasteiger charge is -2.30. The quantitative estimate of drug-likeness (QED) is 0.549. The van der Waals surface area contributed by atoms with Gasteiger partial charge in [-0.15, -0.1) is 0 Å². The van der Waals surface area contributed by atoms with Crippen LogP contribution in [-0.2, 0) is 0 Å². The molecule has 1 aliphatic rings. The molecule has 0 atom stereocenters. The first-order chi connectivity index (χ1) is 15.6. The molecule has 1 fully saturated rings. The minimum Gasteiger partial charge on any atom is -0.497 e. The van der Waals surface area contributed by atoms with Crippen LogP contribution in [0.1, 0.15) is 20.8 Å². The molecule has 0 radical (unpaired) electrons. The van der Waals surface area contributed by atoms with Crippen LogP contribution in [0.5, 0.6) is 5.75 Å². The van der Waals surface area contributed by atoms with Crippen LogP contribution in [-0.4, -0.2) is 55.1 Å². The maximum Gasteiger partial charge on any atom is 0.274 e. The number of benzene rings is 1. The third-order valence-corrected chi connectivity index (χ3v) is 5.06. The number of nitrogens with one attached hydrogen (secondary N) is 3. The van der Waals surface area contributed by atoms with Gasteiger partial charge in [0.05, 0.1) is 24.7 Å². The number of aromatic nitrogens is 2. The highest BCUT2D eigenvalue weighted by molar-refractivity contribution is 6.06. The van der Waals surface area contributed by atoms with Crippen molar-refractivity contribution in [1.82, 2.24) is 15.3 Å². The minimum atomic E-state index is -0.383. The molecule has 1 saturated heterocycles. The molecule has 0 unspecified atom stereocenters. The van der Waals surface area contributed by atoms with Gasteiger partial charge in [0.15, 0.2) is 0 Å². The number of anilines is 3. The molecule has 0 bridgehead atoms. The van der Waals surface area contributed by atoms with Gasteiger partial charge in [0, 0.05) is 37.9 Å². The van der Waals surface area contributed by atoms with E-state index in [2.05, 4.69) is 30.8 Å². The highest BCUT2D eigenvalue weighted by Gasteiger charge is 2.17. The van der Waals surface area contributed by atoms with E-state index in [1.165, 1.54) is 7.11 Å². The molecule has 1 aromatic carbocycles. The molecular weight excluding hydrogens is 408 g/mol. The first-order valence-electron chi connectivity index (χ1n) is 10.3. The van der Waals surface area contributed by atoms with Crippen molar-refractivity contribution in [3.05, 3.63) is 72.2 Å². The van der Waals surface area contributed by atoms with E-state index in [-0.39, 0.29) is 23.3 Å². The highest BCUT2D eigenvalue weighted by Crippen LogP contribution is 2.25. The number of rotatable bonds is 6. The molecule has 2 aromatic heterocycles. The summed E-state index contributed by atoms with van der Waals surface area (Å²) in [5.74, 6) is 0.128. The summed E-state index contributed by atoms with van der Waals surface area (Å²) in [4.78, 5) is 36.1. The van der Waals surface area contributed by atoms with Gasteiger partial charge >= 0.3 is 0 Å². The molecule has 2 amide bonds. The zero-order valence-electron chi connectivity index (χ0n) is 17.7. The van der Waals surface area contributed by atoms with Crippen molar-refractivity contribution in [2.45, 2.75) is 0 Å². The molecule has 0 spiro atoms. The Hall–Kier alpha value is -3.98. The summed E-state index contributed by atoms with van der Waals surface area (Å²) in [5, 5.41) is 8.93. The van der Waals surface area contributed by atoms with E-state index in [9.17, 15) is 9.59 Å². The maximum atomic E-state index is 12.9. The molecule has 3 N–H and O–H groups in total. The lowest BCUT2D eigenvalue weighted by atomic mass is 10.2.